The summed E-state index contributed by atoms with van der Waals surface area (Å²) in [5, 5.41) is 8.44. The third kappa shape index (κ3) is 3.35. The predicted molar refractivity (Wildman–Crippen MR) is 81.8 cm³/mol. The van der Waals surface area contributed by atoms with Crippen LogP contribution < -0.4 is 10.6 Å². The number of hydrogen-bond donors (Lipinski definition) is 2. The first-order chi connectivity index (χ1) is 9.72. The average molecular weight is 289 g/mol. The quantitative estimate of drug-likeness (QED) is 0.859. The molecular formula is C15H19N3OS. The third-order valence-electron chi connectivity index (χ3n) is 3.57. The van der Waals surface area contributed by atoms with Crippen LogP contribution in [0.1, 0.15) is 37.8 Å². The molecule has 20 heavy (non-hydrogen) atoms. The van der Waals surface area contributed by atoms with Gasteiger partial charge in [-0.3, -0.25) is 9.78 Å². The maximum atomic E-state index is 11.6. The molecule has 1 atom stereocenters. The first-order valence-electron chi connectivity index (χ1n) is 7.08. The Morgan fingerprint density at radius 1 is 1.55 bits per heavy atom. The Bertz CT molecular complexity index is 606. The Labute approximate surface area is 122 Å². The van der Waals surface area contributed by atoms with Gasteiger partial charge in [-0.25, -0.2) is 0 Å². The van der Waals surface area contributed by atoms with E-state index in [4.69, 9.17) is 0 Å². The summed E-state index contributed by atoms with van der Waals surface area (Å²) < 4.78 is 1.21. The van der Waals surface area contributed by atoms with Gasteiger partial charge < -0.3 is 10.6 Å². The molecule has 1 aliphatic rings. The van der Waals surface area contributed by atoms with E-state index < -0.39 is 0 Å². The Balaban J connectivity index is 1.50. The molecule has 0 bridgehead atoms. The Morgan fingerprint density at radius 2 is 2.40 bits per heavy atom. The van der Waals surface area contributed by atoms with Crippen LogP contribution in [0.25, 0.3) is 10.2 Å². The minimum atomic E-state index is 0.152. The van der Waals surface area contributed by atoms with Gasteiger partial charge in [0.15, 0.2) is 0 Å². The number of amides is 1. The smallest absolute Gasteiger partial charge is 0.221 e. The Kier molecular flexibility index (Phi) is 3.98. The molecule has 1 fully saturated rings. The lowest BCUT2D eigenvalue weighted by atomic mass is 10.1. The van der Waals surface area contributed by atoms with E-state index in [1.807, 2.05) is 12.3 Å². The zero-order valence-corrected chi connectivity index (χ0v) is 12.4. The van der Waals surface area contributed by atoms with Gasteiger partial charge in [0.1, 0.15) is 0 Å². The van der Waals surface area contributed by atoms with E-state index in [0.717, 1.165) is 18.4 Å². The average Bonchev–Trinajstić information content (AvgIpc) is 3.12. The monoisotopic (exact) mass is 289 g/mol. The molecule has 2 N–H and O–H groups in total. The van der Waals surface area contributed by atoms with Crippen molar-refractivity contribution in [2.24, 2.45) is 0 Å². The van der Waals surface area contributed by atoms with E-state index in [1.165, 1.54) is 10.3 Å². The molecule has 3 rings (SSSR count). The number of carbonyl (C=O) groups is 1. The van der Waals surface area contributed by atoms with E-state index >= 15 is 0 Å². The number of nitrogens with zero attached hydrogens (tertiary/aromatic N) is 1. The van der Waals surface area contributed by atoms with E-state index in [0.29, 0.717) is 19.0 Å². The van der Waals surface area contributed by atoms with E-state index in [1.54, 1.807) is 11.3 Å². The van der Waals surface area contributed by atoms with Crippen molar-refractivity contribution in [2.75, 3.05) is 6.54 Å². The number of hydrogen-bond acceptors (Lipinski definition) is 4. The predicted octanol–water partition coefficient (Wildman–Crippen LogP) is 2.62. The van der Waals surface area contributed by atoms with E-state index in [2.05, 4.69) is 34.0 Å². The highest BCUT2D eigenvalue weighted by molar-refractivity contribution is 7.17. The summed E-state index contributed by atoms with van der Waals surface area (Å²) in [6, 6.07) is 4.87. The first-order valence-corrected chi connectivity index (χ1v) is 7.96. The van der Waals surface area contributed by atoms with Gasteiger partial charge >= 0.3 is 0 Å². The van der Waals surface area contributed by atoms with Crippen molar-refractivity contribution in [3.63, 3.8) is 0 Å². The summed E-state index contributed by atoms with van der Waals surface area (Å²) in [4.78, 5) is 16.0. The number of rotatable bonds is 6. The van der Waals surface area contributed by atoms with Gasteiger partial charge in [0.25, 0.3) is 0 Å². The maximum Gasteiger partial charge on any atom is 0.221 e. The zero-order valence-electron chi connectivity index (χ0n) is 11.6. The second-order valence-corrected chi connectivity index (χ2v) is 6.29. The van der Waals surface area contributed by atoms with Crippen molar-refractivity contribution < 1.29 is 4.79 Å². The Hall–Kier alpha value is -1.46. The lowest BCUT2D eigenvalue weighted by Gasteiger charge is -2.13. The highest BCUT2D eigenvalue weighted by Crippen LogP contribution is 2.22. The molecule has 0 radical (unpaired) electrons. The molecule has 2 heterocycles. The van der Waals surface area contributed by atoms with Crippen molar-refractivity contribution in [2.45, 2.75) is 38.3 Å². The number of thiophene rings is 1. The zero-order chi connectivity index (χ0) is 13.9. The Morgan fingerprint density at radius 3 is 3.20 bits per heavy atom. The van der Waals surface area contributed by atoms with Crippen LogP contribution in [0.2, 0.25) is 0 Å². The van der Waals surface area contributed by atoms with Crippen LogP contribution in [0.15, 0.2) is 23.7 Å². The van der Waals surface area contributed by atoms with Crippen LogP contribution in [-0.2, 0) is 4.79 Å². The molecule has 1 amide bonds. The second kappa shape index (κ2) is 5.89. The van der Waals surface area contributed by atoms with Gasteiger partial charge in [-0.15, -0.1) is 11.3 Å². The minimum Gasteiger partial charge on any atom is -0.353 e. The van der Waals surface area contributed by atoms with Gasteiger partial charge in [0.05, 0.1) is 10.2 Å². The van der Waals surface area contributed by atoms with Gasteiger partial charge in [-0.1, -0.05) is 0 Å². The van der Waals surface area contributed by atoms with Crippen molar-refractivity contribution in [3.05, 3.63) is 29.3 Å². The van der Waals surface area contributed by atoms with Crippen LogP contribution >= 0.6 is 11.3 Å². The lowest BCUT2D eigenvalue weighted by molar-refractivity contribution is -0.121. The highest BCUT2D eigenvalue weighted by Gasteiger charge is 2.22. The fourth-order valence-corrected chi connectivity index (χ4v) is 2.94. The van der Waals surface area contributed by atoms with Crippen LogP contribution in [0.4, 0.5) is 0 Å². The molecule has 0 aliphatic heterocycles. The molecule has 4 nitrogen and oxygen atoms in total. The standard InChI is InChI=1S/C15H19N3OS/c1-10(16-6-4-15(19)18-12-2-3-12)11-8-14-13(17-9-11)5-7-20-14/h5,7-10,12,16H,2-4,6H2,1H3,(H,18,19). The molecule has 0 spiro atoms. The molecule has 0 aromatic carbocycles. The summed E-state index contributed by atoms with van der Waals surface area (Å²) in [7, 11) is 0. The largest absolute Gasteiger partial charge is 0.353 e. The molecule has 5 heteroatoms. The van der Waals surface area contributed by atoms with Gasteiger partial charge in [-0.05, 0) is 42.8 Å². The van der Waals surface area contributed by atoms with E-state index in [9.17, 15) is 4.79 Å². The molecule has 1 unspecified atom stereocenters. The van der Waals surface area contributed by atoms with Crippen molar-refractivity contribution >= 4 is 27.5 Å². The summed E-state index contributed by atoms with van der Waals surface area (Å²) in [6.45, 7) is 2.80. The van der Waals surface area contributed by atoms with Crippen molar-refractivity contribution in [1.29, 1.82) is 0 Å². The minimum absolute atomic E-state index is 0.152. The van der Waals surface area contributed by atoms with Gasteiger partial charge in [0, 0.05) is 31.2 Å². The molecule has 1 saturated carbocycles. The lowest BCUT2D eigenvalue weighted by Crippen LogP contribution is -2.30. The van der Waals surface area contributed by atoms with Crippen LogP contribution in [0.5, 0.6) is 0 Å². The normalized spacial score (nSPS) is 16.2. The molecule has 1 aliphatic carbocycles. The van der Waals surface area contributed by atoms with Crippen LogP contribution in [0, 0.1) is 0 Å². The van der Waals surface area contributed by atoms with Crippen LogP contribution in [0.3, 0.4) is 0 Å². The van der Waals surface area contributed by atoms with Crippen molar-refractivity contribution in [1.82, 2.24) is 15.6 Å². The number of nitrogens with one attached hydrogen (secondary N) is 2. The fraction of sp³-hybridized carbons (Fsp3) is 0.467. The SMILES string of the molecule is CC(NCCC(=O)NC1CC1)c1cnc2ccsc2c1. The summed E-state index contributed by atoms with van der Waals surface area (Å²) in [6.07, 6.45) is 4.73. The van der Waals surface area contributed by atoms with Gasteiger partial charge in [-0.2, -0.15) is 0 Å². The number of pyridine rings is 1. The summed E-state index contributed by atoms with van der Waals surface area (Å²) in [5.41, 5.74) is 2.22. The van der Waals surface area contributed by atoms with Gasteiger partial charge in [0.2, 0.25) is 5.91 Å². The molecule has 0 saturated heterocycles. The van der Waals surface area contributed by atoms with Crippen molar-refractivity contribution in [3.8, 4) is 0 Å². The number of aromatic nitrogens is 1. The number of fused-ring (bicyclic) bond motifs is 1. The molecule has 2 aromatic rings. The molecule has 106 valence electrons. The second-order valence-electron chi connectivity index (χ2n) is 5.34. The van der Waals surface area contributed by atoms with E-state index in [-0.39, 0.29) is 11.9 Å². The maximum absolute atomic E-state index is 11.6. The molecular weight excluding hydrogens is 270 g/mol. The highest BCUT2D eigenvalue weighted by atomic mass is 32.1. The topological polar surface area (TPSA) is 54.0 Å². The number of carbonyl (C=O) groups excluding carboxylic acids is 1. The molecule has 2 aromatic heterocycles. The van der Waals surface area contributed by atoms with Crippen LogP contribution in [-0.4, -0.2) is 23.5 Å². The first kappa shape index (κ1) is 13.5. The fourth-order valence-electron chi connectivity index (χ4n) is 2.15. The summed E-state index contributed by atoms with van der Waals surface area (Å²) in [5.74, 6) is 0.152. The summed E-state index contributed by atoms with van der Waals surface area (Å²) >= 11 is 1.71. The third-order valence-corrected chi connectivity index (χ3v) is 4.42.